The summed E-state index contributed by atoms with van der Waals surface area (Å²) in [6, 6.07) is 12.3. The monoisotopic (exact) mass is 410 g/mol. The molecule has 0 aromatic heterocycles. The Morgan fingerprint density at radius 3 is 2.33 bits per heavy atom. The van der Waals surface area contributed by atoms with Crippen molar-refractivity contribution in [2.24, 2.45) is 5.73 Å². The minimum atomic E-state index is -4.03. The minimum absolute atomic E-state index is 0.0729. The van der Waals surface area contributed by atoms with Crippen molar-refractivity contribution in [1.82, 2.24) is 4.72 Å². The molecule has 7 nitrogen and oxygen atoms in total. The standard InChI is InChI=1S/C18H19ClN2O5S/c1-25-12-26-16-6-2-13(3-7-16)10-14(11-20)18(22)21-27(23,24)17-8-4-15(19)5-9-17/h2-10H,11-12,20H2,1H3,(H,21,22)/b14-10+. The van der Waals surface area contributed by atoms with Gasteiger partial charge in [-0.25, -0.2) is 13.1 Å². The molecule has 0 saturated heterocycles. The van der Waals surface area contributed by atoms with Crippen LogP contribution in [0.2, 0.25) is 5.02 Å². The van der Waals surface area contributed by atoms with Crippen LogP contribution < -0.4 is 15.2 Å². The van der Waals surface area contributed by atoms with Gasteiger partial charge in [-0.3, -0.25) is 4.79 Å². The molecule has 1 amide bonds. The van der Waals surface area contributed by atoms with Gasteiger partial charge in [0.25, 0.3) is 15.9 Å². The summed E-state index contributed by atoms with van der Waals surface area (Å²) in [4.78, 5) is 12.3. The highest BCUT2D eigenvalue weighted by atomic mass is 35.5. The third kappa shape index (κ3) is 6.07. The fourth-order valence-electron chi connectivity index (χ4n) is 2.07. The highest BCUT2D eigenvalue weighted by Crippen LogP contribution is 2.16. The Morgan fingerprint density at radius 2 is 1.78 bits per heavy atom. The Kier molecular flexibility index (Phi) is 7.37. The summed E-state index contributed by atoms with van der Waals surface area (Å²) in [7, 11) is -2.51. The number of amides is 1. The number of methoxy groups -OCH3 is 1. The zero-order chi connectivity index (χ0) is 19.9. The molecule has 0 fully saturated rings. The third-order valence-corrected chi connectivity index (χ3v) is 5.03. The summed E-state index contributed by atoms with van der Waals surface area (Å²) >= 11 is 5.75. The SMILES string of the molecule is COCOc1ccc(/C=C(\CN)C(=O)NS(=O)(=O)c2ccc(Cl)cc2)cc1. The molecule has 9 heteroatoms. The largest absolute Gasteiger partial charge is 0.468 e. The second-order valence-electron chi connectivity index (χ2n) is 5.38. The zero-order valence-corrected chi connectivity index (χ0v) is 16.1. The molecule has 0 spiro atoms. The Labute approximate surface area is 162 Å². The molecule has 2 rings (SSSR count). The van der Waals surface area contributed by atoms with Gasteiger partial charge in [0.2, 0.25) is 0 Å². The lowest BCUT2D eigenvalue weighted by Gasteiger charge is -2.09. The van der Waals surface area contributed by atoms with Crippen LogP contribution in [-0.4, -0.2) is 34.8 Å². The van der Waals surface area contributed by atoms with Crippen LogP contribution in [0.5, 0.6) is 5.75 Å². The minimum Gasteiger partial charge on any atom is -0.468 e. The van der Waals surface area contributed by atoms with E-state index in [-0.39, 0.29) is 23.8 Å². The number of carbonyl (C=O) groups is 1. The van der Waals surface area contributed by atoms with E-state index in [0.29, 0.717) is 16.3 Å². The summed E-state index contributed by atoms with van der Waals surface area (Å²) in [5.41, 5.74) is 6.39. The molecule has 0 unspecified atom stereocenters. The van der Waals surface area contributed by atoms with Crippen LogP contribution in [0.15, 0.2) is 59.0 Å². The number of rotatable bonds is 8. The number of carbonyl (C=O) groups excluding carboxylic acids is 1. The lowest BCUT2D eigenvalue weighted by molar-refractivity contribution is -0.115. The van der Waals surface area contributed by atoms with E-state index >= 15 is 0 Å². The van der Waals surface area contributed by atoms with Crippen LogP contribution in [-0.2, 0) is 19.6 Å². The van der Waals surface area contributed by atoms with E-state index in [0.717, 1.165) is 0 Å². The number of nitrogens with two attached hydrogens (primary N) is 1. The highest BCUT2D eigenvalue weighted by Gasteiger charge is 2.19. The molecule has 0 aliphatic carbocycles. The molecule has 144 valence electrons. The first-order valence-corrected chi connectivity index (χ1v) is 9.67. The van der Waals surface area contributed by atoms with Crippen molar-refractivity contribution in [2.45, 2.75) is 4.90 Å². The van der Waals surface area contributed by atoms with E-state index in [1.54, 1.807) is 24.3 Å². The van der Waals surface area contributed by atoms with Crippen LogP contribution >= 0.6 is 11.6 Å². The van der Waals surface area contributed by atoms with E-state index in [1.807, 2.05) is 4.72 Å². The second-order valence-corrected chi connectivity index (χ2v) is 7.50. The van der Waals surface area contributed by atoms with Crippen LogP contribution in [0.4, 0.5) is 0 Å². The maximum Gasteiger partial charge on any atom is 0.264 e. The fourth-order valence-corrected chi connectivity index (χ4v) is 3.18. The van der Waals surface area contributed by atoms with Crippen molar-refractivity contribution < 1.29 is 22.7 Å². The molecular weight excluding hydrogens is 392 g/mol. The van der Waals surface area contributed by atoms with Gasteiger partial charge in [0.05, 0.1) is 4.90 Å². The smallest absolute Gasteiger partial charge is 0.264 e. The molecule has 0 bridgehead atoms. The second kappa shape index (κ2) is 9.52. The lowest BCUT2D eigenvalue weighted by Crippen LogP contribution is -2.33. The first-order valence-electron chi connectivity index (χ1n) is 7.81. The van der Waals surface area contributed by atoms with Crippen molar-refractivity contribution in [3.63, 3.8) is 0 Å². The molecule has 0 heterocycles. The Hall–Kier alpha value is -2.39. The maximum absolute atomic E-state index is 12.3. The van der Waals surface area contributed by atoms with Gasteiger partial charge < -0.3 is 15.2 Å². The van der Waals surface area contributed by atoms with E-state index < -0.39 is 15.9 Å². The van der Waals surface area contributed by atoms with Gasteiger partial charge in [-0.05, 0) is 48.0 Å². The Morgan fingerprint density at radius 1 is 1.15 bits per heavy atom. The van der Waals surface area contributed by atoms with Gasteiger partial charge in [0, 0.05) is 24.3 Å². The predicted molar refractivity (Wildman–Crippen MR) is 103 cm³/mol. The average Bonchev–Trinajstić information content (AvgIpc) is 2.65. The number of benzene rings is 2. The molecular formula is C18H19ClN2O5S. The molecule has 3 N–H and O–H groups in total. The third-order valence-electron chi connectivity index (χ3n) is 3.43. The topological polar surface area (TPSA) is 108 Å². The first kappa shape index (κ1) is 20.9. The van der Waals surface area contributed by atoms with Gasteiger partial charge in [-0.1, -0.05) is 23.7 Å². The number of hydrogen-bond donors (Lipinski definition) is 2. The van der Waals surface area contributed by atoms with E-state index in [2.05, 4.69) is 0 Å². The summed E-state index contributed by atoms with van der Waals surface area (Å²) in [6.07, 6.45) is 1.51. The lowest BCUT2D eigenvalue weighted by atomic mass is 10.1. The summed E-state index contributed by atoms with van der Waals surface area (Å²) in [5.74, 6) is -0.203. The van der Waals surface area contributed by atoms with Gasteiger partial charge in [0.1, 0.15) is 5.75 Å². The highest BCUT2D eigenvalue weighted by molar-refractivity contribution is 7.90. The fraction of sp³-hybridized carbons (Fsp3) is 0.167. The van der Waals surface area contributed by atoms with Crippen LogP contribution in [0.1, 0.15) is 5.56 Å². The molecule has 0 aliphatic rings. The molecule has 2 aromatic rings. The number of sulfonamides is 1. The number of halogens is 1. The van der Waals surface area contributed by atoms with Gasteiger partial charge in [-0.15, -0.1) is 0 Å². The molecule has 0 saturated carbocycles. The quantitative estimate of drug-likeness (QED) is 0.510. The molecule has 0 aliphatic heterocycles. The van der Waals surface area contributed by atoms with Crippen molar-refractivity contribution >= 4 is 33.6 Å². The van der Waals surface area contributed by atoms with Crippen LogP contribution in [0.3, 0.4) is 0 Å². The van der Waals surface area contributed by atoms with Crippen LogP contribution in [0, 0.1) is 0 Å². The zero-order valence-electron chi connectivity index (χ0n) is 14.5. The van der Waals surface area contributed by atoms with Crippen molar-refractivity contribution in [3.05, 3.63) is 64.7 Å². The predicted octanol–water partition coefficient (Wildman–Crippen LogP) is 2.17. The first-order chi connectivity index (χ1) is 12.9. The van der Waals surface area contributed by atoms with Crippen LogP contribution in [0.25, 0.3) is 6.08 Å². The van der Waals surface area contributed by atoms with E-state index in [9.17, 15) is 13.2 Å². The summed E-state index contributed by atoms with van der Waals surface area (Å²) in [5, 5.41) is 0.390. The van der Waals surface area contributed by atoms with Crippen molar-refractivity contribution in [2.75, 3.05) is 20.4 Å². The summed E-state index contributed by atoms with van der Waals surface area (Å²) < 4.78 is 36.7. The van der Waals surface area contributed by atoms with E-state index in [1.165, 1.54) is 37.5 Å². The number of nitrogens with one attached hydrogen (secondary N) is 1. The number of hydrogen-bond acceptors (Lipinski definition) is 6. The van der Waals surface area contributed by atoms with E-state index in [4.69, 9.17) is 26.8 Å². The Balaban J connectivity index is 2.14. The normalized spacial score (nSPS) is 11.9. The van der Waals surface area contributed by atoms with Gasteiger partial charge in [0.15, 0.2) is 6.79 Å². The van der Waals surface area contributed by atoms with Gasteiger partial charge >= 0.3 is 0 Å². The molecule has 0 atom stereocenters. The van der Waals surface area contributed by atoms with Gasteiger partial charge in [-0.2, -0.15) is 0 Å². The number of ether oxygens (including phenoxy) is 2. The molecule has 0 radical (unpaired) electrons. The summed E-state index contributed by atoms with van der Waals surface area (Å²) in [6.45, 7) is -0.0158. The van der Waals surface area contributed by atoms with Crippen molar-refractivity contribution in [3.8, 4) is 5.75 Å². The maximum atomic E-state index is 12.3. The Bertz CT molecular complexity index is 910. The average molecular weight is 411 g/mol. The van der Waals surface area contributed by atoms with Crippen molar-refractivity contribution in [1.29, 1.82) is 0 Å². The molecule has 2 aromatic carbocycles. The molecule has 27 heavy (non-hydrogen) atoms.